The van der Waals surface area contributed by atoms with Crippen molar-refractivity contribution in [3.05, 3.63) is 94.4 Å². The molecule has 3 aliphatic rings. The molecule has 0 bridgehead atoms. The van der Waals surface area contributed by atoms with E-state index in [9.17, 15) is 14.7 Å². The predicted octanol–water partition coefficient (Wildman–Crippen LogP) is 4.03. The smallest absolute Gasteiger partial charge is 0.232 e. The molecule has 5 rings (SSSR count). The molecule has 160 valence electrons. The lowest BCUT2D eigenvalue weighted by atomic mass is 9.81. The Bertz CT molecular complexity index is 1340. The Morgan fingerprint density at radius 1 is 0.844 bits per heavy atom. The molecule has 1 N–H and O–H groups in total. The molecule has 0 atom stereocenters. The molecule has 0 saturated heterocycles. The average molecular weight is 423 g/mol. The molecule has 2 aliphatic heterocycles. The molecular weight excluding hydrogens is 400 g/mol. The third kappa shape index (κ3) is 2.74. The van der Waals surface area contributed by atoms with Crippen LogP contribution in [0.25, 0.3) is 0 Å². The van der Waals surface area contributed by atoms with Crippen LogP contribution in [0.4, 0.5) is 11.4 Å². The number of hydrogen-bond acceptors (Lipinski definition) is 5. The number of benzene rings is 2. The SMILES string of the molecule is CC1(C)C(C=C2C(=O)C(=O)C(C=C3Nc4ccccc4C3(C)C)=C2[O-])=Nc2ccccc21. The lowest BCUT2D eigenvalue weighted by molar-refractivity contribution is -0.297. The fourth-order valence-corrected chi connectivity index (χ4v) is 4.66. The molecule has 0 fully saturated rings. The van der Waals surface area contributed by atoms with E-state index in [1.54, 1.807) is 6.08 Å². The first kappa shape index (κ1) is 20.2. The molecule has 32 heavy (non-hydrogen) atoms. The second kappa shape index (κ2) is 6.63. The number of allylic oxidation sites excluding steroid dienone is 5. The summed E-state index contributed by atoms with van der Waals surface area (Å²) >= 11 is 0. The number of nitrogens with one attached hydrogen (secondary N) is 1. The zero-order valence-electron chi connectivity index (χ0n) is 18.4. The number of anilines is 1. The summed E-state index contributed by atoms with van der Waals surface area (Å²) in [6.07, 6.45) is 3.04. The Labute approximate surface area is 186 Å². The van der Waals surface area contributed by atoms with Gasteiger partial charge in [0.25, 0.3) is 0 Å². The van der Waals surface area contributed by atoms with Crippen LogP contribution in [0.5, 0.6) is 0 Å². The minimum atomic E-state index is -0.773. The van der Waals surface area contributed by atoms with E-state index in [1.165, 1.54) is 6.08 Å². The minimum Gasteiger partial charge on any atom is -0.871 e. The Morgan fingerprint density at radius 2 is 1.50 bits per heavy atom. The highest BCUT2D eigenvalue weighted by Gasteiger charge is 2.39. The molecule has 0 unspecified atom stereocenters. The zero-order valence-corrected chi connectivity index (χ0v) is 18.4. The maximum atomic E-state index is 13.2. The molecule has 1 aliphatic carbocycles. The van der Waals surface area contributed by atoms with Crippen molar-refractivity contribution >= 4 is 28.7 Å². The van der Waals surface area contributed by atoms with Crippen LogP contribution in [0.1, 0.15) is 38.8 Å². The molecule has 5 heteroatoms. The van der Waals surface area contributed by atoms with Crippen LogP contribution in [0, 0.1) is 0 Å². The molecule has 0 spiro atoms. The van der Waals surface area contributed by atoms with Gasteiger partial charge in [0.15, 0.2) is 0 Å². The number of aliphatic imine (C=N–C) groups is 1. The van der Waals surface area contributed by atoms with E-state index in [1.807, 2.05) is 76.2 Å². The second-order valence-corrected chi connectivity index (χ2v) is 9.45. The van der Waals surface area contributed by atoms with E-state index < -0.39 is 28.2 Å². The van der Waals surface area contributed by atoms with Crippen molar-refractivity contribution in [3.63, 3.8) is 0 Å². The number of nitrogens with zero attached hydrogens (tertiary/aromatic N) is 1. The van der Waals surface area contributed by atoms with E-state index in [0.717, 1.165) is 28.2 Å². The van der Waals surface area contributed by atoms with Gasteiger partial charge in [-0.1, -0.05) is 69.9 Å². The standard InChI is InChI=1S/C27H24N2O3/c1-26(2)17-9-5-7-11-19(17)28-21(26)13-15-23(30)16(25(32)24(15)31)14-22-27(3,4)18-10-6-8-12-20(18)29-22/h5-14,28,30H,1-4H3/p-1. The summed E-state index contributed by atoms with van der Waals surface area (Å²) in [7, 11) is 0. The summed E-state index contributed by atoms with van der Waals surface area (Å²) in [4.78, 5) is 30.2. The van der Waals surface area contributed by atoms with Gasteiger partial charge in [-0.05, 0) is 35.4 Å². The molecule has 0 radical (unpaired) electrons. The van der Waals surface area contributed by atoms with Crippen molar-refractivity contribution in [2.45, 2.75) is 38.5 Å². The van der Waals surface area contributed by atoms with Gasteiger partial charge in [-0.25, -0.2) is 0 Å². The monoisotopic (exact) mass is 423 g/mol. The Morgan fingerprint density at radius 3 is 2.19 bits per heavy atom. The topological polar surface area (TPSA) is 81.6 Å². The van der Waals surface area contributed by atoms with Crippen LogP contribution in [-0.2, 0) is 20.4 Å². The molecule has 0 aromatic heterocycles. The third-order valence-corrected chi connectivity index (χ3v) is 6.76. The first-order valence-electron chi connectivity index (χ1n) is 10.6. The van der Waals surface area contributed by atoms with Gasteiger partial charge in [0.05, 0.1) is 11.4 Å². The Balaban J connectivity index is 1.57. The first-order valence-corrected chi connectivity index (χ1v) is 10.6. The van der Waals surface area contributed by atoms with E-state index in [2.05, 4.69) is 10.3 Å². The van der Waals surface area contributed by atoms with Gasteiger partial charge in [-0.2, -0.15) is 0 Å². The molecular formula is C27H23N2O3-. The molecule has 2 aromatic rings. The molecule has 0 saturated carbocycles. The van der Waals surface area contributed by atoms with Crippen LogP contribution in [-0.4, -0.2) is 17.3 Å². The maximum Gasteiger partial charge on any atom is 0.232 e. The van der Waals surface area contributed by atoms with Gasteiger partial charge in [0, 0.05) is 33.4 Å². The molecule has 5 nitrogen and oxygen atoms in total. The third-order valence-electron chi connectivity index (χ3n) is 6.76. The highest BCUT2D eigenvalue weighted by molar-refractivity contribution is 6.54. The van der Waals surface area contributed by atoms with Crippen molar-refractivity contribution in [3.8, 4) is 0 Å². The predicted molar refractivity (Wildman–Crippen MR) is 123 cm³/mol. The number of para-hydroxylation sites is 2. The molecule has 2 heterocycles. The number of hydrogen-bond donors (Lipinski definition) is 1. The summed E-state index contributed by atoms with van der Waals surface area (Å²) in [6, 6.07) is 15.6. The van der Waals surface area contributed by atoms with Crippen LogP contribution < -0.4 is 10.4 Å². The van der Waals surface area contributed by atoms with Gasteiger partial charge in [-0.15, -0.1) is 0 Å². The quantitative estimate of drug-likeness (QED) is 0.584. The summed E-state index contributed by atoms with van der Waals surface area (Å²) in [5, 5.41) is 16.5. The number of carbonyl (C=O) groups excluding carboxylic acids is 2. The van der Waals surface area contributed by atoms with Gasteiger partial charge < -0.3 is 10.4 Å². The van der Waals surface area contributed by atoms with Crippen molar-refractivity contribution in [2.75, 3.05) is 5.32 Å². The van der Waals surface area contributed by atoms with Crippen LogP contribution in [0.2, 0.25) is 0 Å². The Hall–Kier alpha value is -3.73. The lowest BCUT2D eigenvalue weighted by Crippen LogP contribution is -2.25. The van der Waals surface area contributed by atoms with Crippen LogP contribution >= 0.6 is 0 Å². The number of Topliss-reactive ketones (excluding diaryl/α,β-unsaturated/α-hetero) is 2. The second-order valence-electron chi connectivity index (χ2n) is 9.45. The van der Waals surface area contributed by atoms with E-state index >= 15 is 0 Å². The maximum absolute atomic E-state index is 13.2. The van der Waals surface area contributed by atoms with Gasteiger partial charge in [-0.3, -0.25) is 14.6 Å². The zero-order chi connectivity index (χ0) is 22.8. The highest BCUT2D eigenvalue weighted by Crippen LogP contribution is 2.44. The van der Waals surface area contributed by atoms with Crippen molar-refractivity contribution < 1.29 is 14.7 Å². The van der Waals surface area contributed by atoms with Gasteiger partial charge in [0.2, 0.25) is 11.6 Å². The fourth-order valence-electron chi connectivity index (χ4n) is 4.66. The summed E-state index contributed by atoms with van der Waals surface area (Å²) < 4.78 is 0. The van der Waals surface area contributed by atoms with E-state index in [0.29, 0.717) is 5.71 Å². The van der Waals surface area contributed by atoms with E-state index in [-0.39, 0.29) is 11.1 Å². The van der Waals surface area contributed by atoms with Crippen molar-refractivity contribution in [1.82, 2.24) is 0 Å². The van der Waals surface area contributed by atoms with Gasteiger partial charge in [0.1, 0.15) is 0 Å². The number of ketones is 2. The first-order chi connectivity index (χ1) is 15.1. The minimum absolute atomic E-state index is 0.0986. The largest absolute Gasteiger partial charge is 0.871 e. The normalized spacial score (nSPS) is 22.9. The summed E-state index contributed by atoms with van der Waals surface area (Å²) in [5.74, 6) is -2.09. The van der Waals surface area contributed by atoms with Crippen molar-refractivity contribution in [2.24, 2.45) is 4.99 Å². The van der Waals surface area contributed by atoms with E-state index in [4.69, 9.17) is 0 Å². The molecule has 0 amide bonds. The number of rotatable bonds is 2. The Kier molecular flexibility index (Phi) is 4.18. The van der Waals surface area contributed by atoms with Gasteiger partial charge >= 0.3 is 0 Å². The lowest BCUT2D eigenvalue weighted by Gasteiger charge is -2.22. The van der Waals surface area contributed by atoms with Crippen LogP contribution in [0.15, 0.2) is 88.3 Å². The van der Waals surface area contributed by atoms with Crippen LogP contribution in [0.3, 0.4) is 0 Å². The summed E-state index contributed by atoms with van der Waals surface area (Å²) in [6.45, 7) is 8.03. The fraction of sp³-hybridized carbons (Fsp3) is 0.222. The highest BCUT2D eigenvalue weighted by atomic mass is 16.3. The van der Waals surface area contributed by atoms with Crippen molar-refractivity contribution in [1.29, 1.82) is 0 Å². The average Bonchev–Trinajstić information content (AvgIpc) is 3.25. The number of carbonyl (C=O) groups is 2. The molecule has 2 aromatic carbocycles. The number of fused-ring (bicyclic) bond motifs is 2. The summed E-state index contributed by atoms with van der Waals surface area (Å²) in [5.41, 5.74) is 4.07.